The molecule has 2 aliphatic carbocycles. The van der Waals surface area contributed by atoms with Gasteiger partial charge in [-0.3, -0.25) is 0 Å². The number of nitrogens with one attached hydrogen (secondary N) is 1. The third-order valence-corrected chi connectivity index (χ3v) is 5.67. The molecule has 0 amide bonds. The van der Waals surface area contributed by atoms with Crippen LogP contribution in [0.3, 0.4) is 0 Å². The van der Waals surface area contributed by atoms with E-state index in [0.717, 1.165) is 17.6 Å². The fourth-order valence-electron chi connectivity index (χ4n) is 4.65. The third kappa shape index (κ3) is 2.39. The van der Waals surface area contributed by atoms with Crippen LogP contribution in [0.4, 0.5) is 5.82 Å². The normalized spacial score (nSPS) is 33.2. The largest absolute Gasteiger partial charge is 0.478 e. The Morgan fingerprint density at radius 1 is 1.33 bits per heavy atom. The molecular weight excluding hydrogens is 262 g/mol. The summed E-state index contributed by atoms with van der Waals surface area (Å²) in [7, 11) is 0. The average molecular weight is 289 g/mol. The lowest BCUT2D eigenvalue weighted by Crippen LogP contribution is -2.46. The van der Waals surface area contributed by atoms with Crippen LogP contribution >= 0.6 is 0 Å². The highest BCUT2D eigenvalue weighted by Gasteiger charge is 2.59. The fraction of sp³-hybridized carbons (Fsp3) is 0.765. The van der Waals surface area contributed by atoms with Crippen LogP contribution < -0.4 is 10.1 Å². The predicted octanol–water partition coefficient (Wildman–Crippen LogP) is 3.81. The SMILES string of the molecule is CCOc1cc(NC2C3(C)CCC(C3)C2(C)C)nc(C)n1. The van der Waals surface area contributed by atoms with E-state index in [2.05, 4.69) is 36.1 Å². The minimum atomic E-state index is 0.317. The van der Waals surface area contributed by atoms with Crippen LogP contribution in [0.25, 0.3) is 0 Å². The molecule has 2 saturated carbocycles. The van der Waals surface area contributed by atoms with Crippen molar-refractivity contribution in [3.05, 3.63) is 11.9 Å². The highest BCUT2D eigenvalue weighted by atomic mass is 16.5. The molecule has 116 valence electrons. The Morgan fingerprint density at radius 2 is 2.10 bits per heavy atom. The Kier molecular flexibility index (Phi) is 3.38. The Labute approximate surface area is 127 Å². The van der Waals surface area contributed by atoms with Gasteiger partial charge in [0.2, 0.25) is 5.88 Å². The zero-order chi connectivity index (χ0) is 15.3. The summed E-state index contributed by atoms with van der Waals surface area (Å²) in [6.45, 7) is 11.8. The first-order chi connectivity index (χ1) is 9.85. The maximum absolute atomic E-state index is 5.54. The molecule has 1 N–H and O–H groups in total. The van der Waals surface area contributed by atoms with Gasteiger partial charge in [-0.25, -0.2) is 4.98 Å². The van der Waals surface area contributed by atoms with Gasteiger partial charge in [0.25, 0.3) is 0 Å². The van der Waals surface area contributed by atoms with E-state index in [1.165, 1.54) is 19.3 Å². The molecule has 0 aromatic carbocycles. The fourth-order valence-corrected chi connectivity index (χ4v) is 4.65. The first kappa shape index (κ1) is 14.6. The second-order valence-corrected chi connectivity index (χ2v) is 7.56. The molecule has 0 spiro atoms. The number of fused-ring (bicyclic) bond motifs is 2. The Balaban J connectivity index is 1.86. The number of hydrogen-bond donors (Lipinski definition) is 1. The van der Waals surface area contributed by atoms with Crippen LogP contribution in [0.1, 0.15) is 52.8 Å². The van der Waals surface area contributed by atoms with E-state index in [9.17, 15) is 0 Å². The number of nitrogens with zero attached hydrogens (tertiary/aromatic N) is 2. The molecule has 1 aromatic heterocycles. The number of anilines is 1. The number of aryl methyl sites for hydroxylation is 1. The summed E-state index contributed by atoms with van der Waals surface area (Å²) in [6.07, 6.45) is 4.02. The van der Waals surface area contributed by atoms with Gasteiger partial charge in [-0.2, -0.15) is 4.98 Å². The zero-order valence-electron chi connectivity index (χ0n) is 13.9. The van der Waals surface area contributed by atoms with E-state index in [-0.39, 0.29) is 0 Å². The van der Waals surface area contributed by atoms with Crippen molar-refractivity contribution in [3.8, 4) is 5.88 Å². The minimum absolute atomic E-state index is 0.317. The second kappa shape index (κ2) is 4.85. The summed E-state index contributed by atoms with van der Waals surface area (Å²) in [6, 6.07) is 2.40. The van der Waals surface area contributed by atoms with Gasteiger partial charge >= 0.3 is 0 Å². The average Bonchev–Trinajstić information content (AvgIpc) is 2.86. The van der Waals surface area contributed by atoms with E-state index >= 15 is 0 Å². The van der Waals surface area contributed by atoms with Crippen molar-refractivity contribution in [1.82, 2.24) is 9.97 Å². The topological polar surface area (TPSA) is 47.0 Å². The smallest absolute Gasteiger partial charge is 0.218 e. The first-order valence-corrected chi connectivity index (χ1v) is 8.10. The second-order valence-electron chi connectivity index (χ2n) is 7.56. The highest BCUT2D eigenvalue weighted by Crippen LogP contribution is 2.63. The van der Waals surface area contributed by atoms with Crippen molar-refractivity contribution < 1.29 is 4.74 Å². The Hall–Kier alpha value is -1.32. The van der Waals surface area contributed by atoms with Gasteiger partial charge in [0.05, 0.1) is 6.61 Å². The molecule has 4 nitrogen and oxygen atoms in total. The summed E-state index contributed by atoms with van der Waals surface area (Å²) in [4.78, 5) is 8.88. The molecule has 3 unspecified atom stereocenters. The van der Waals surface area contributed by atoms with Gasteiger partial charge in [-0.15, -0.1) is 0 Å². The van der Waals surface area contributed by atoms with Crippen molar-refractivity contribution in [2.24, 2.45) is 16.7 Å². The van der Waals surface area contributed by atoms with Crippen molar-refractivity contribution in [2.75, 3.05) is 11.9 Å². The molecular formula is C17H27N3O. The molecule has 2 aliphatic rings. The van der Waals surface area contributed by atoms with Crippen LogP contribution in [-0.4, -0.2) is 22.6 Å². The maximum Gasteiger partial charge on any atom is 0.218 e. The summed E-state index contributed by atoms with van der Waals surface area (Å²) in [5.74, 6) is 3.15. The number of hydrogen-bond acceptors (Lipinski definition) is 4. The monoisotopic (exact) mass is 289 g/mol. The molecule has 1 aromatic rings. The lowest BCUT2D eigenvalue weighted by molar-refractivity contribution is 0.155. The first-order valence-electron chi connectivity index (χ1n) is 8.10. The molecule has 3 rings (SSSR count). The van der Waals surface area contributed by atoms with Crippen LogP contribution in [0.5, 0.6) is 5.88 Å². The molecule has 1 heterocycles. The lowest BCUT2D eigenvalue weighted by atomic mass is 9.68. The molecule has 4 heteroatoms. The summed E-state index contributed by atoms with van der Waals surface area (Å²) >= 11 is 0. The third-order valence-electron chi connectivity index (χ3n) is 5.67. The van der Waals surface area contributed by atoms with Crippen molar-refractivity contribution in [1.29, 1.82) is 0 Å². The number of ether oxygens (including phenoxy) is 1. The Morgan fingerprint density at radius 3 is 2.71 bits per heavy atom. The summed E-state index contributed by atoms with van der Waals surface area (Å²) in [5.41, 5.74) is 0.705. The van der Waals surface area contributed by atoms with Crippen LogP contribution in [0.15, 0.2) is 6.07 Å². The number of aromatic nitrogens is 2. The van der Waals surface area contributed by atoms with Crippen LogP contribution in [0.2, 0.25) is 0 Å². The van der Waals surface area contributed by atoms with E-state index in [4.69, 9.17) is 4.74 Å². The molecule has 0 aliphatic heterocycles. The van der Waals surface area contributed by atoms with Gasteiger partial charge in [-0.1, -0.05) is 20.8 Å². The molecule has 0 saturated heterocycles. The van der Waals surface area contributed by atoms with Crippen molar-refractivity contribution >= 4 is 5.82 Å². The molecule has 2 bridgehead atoms. The van der Waals surface area contributed by atoms with Gasteiger partial charge in [0.1, 0.15) is 11.6 Å². The van der Waals surface area contributed by atoms with E-state index in [0.29, 0.717) is 29.4 Å². The van der Waals surface area contributed by atoms with Crippen LogP contribution in [-0.2, 0) is 0 Å². The van der Waals surface area contributed by atoms with E-state index in [1.807, 2.05) is 19.9 Å². The van der Waals surface area contributed by atoms with Gasteiger partial charge in [-0.05, 0) is 49.9 Å². The molecule has 3 atom stereocenters. The molecule has 21 heavy (non-hydrogen) atoms. The Bertz CT molecular complexity index is 538. The minimum Gasteiger partial charge on any atom is -0.478 e. The summed E-state index contributed by atoms with van der Waals surface area (Å²) in [5, 5.41) is 3.71. The van der Waals surface area contributed by atoms with E-state index < -0.39 is 0 Å². The molecule has 0 radical (unpaired) electrons. The van der Waals surface area contributed by atoms with Crippen LogP contribution in [0, 0.1) is 23.7 Å². The zero-order valence-corrected chi connectivity index (χ0v) is 13.9. The summed E-state index contributed by atoms with van der Waals surface area (Å²) < 4.78 is 5.54. The van der Waals surface area contributed by atoms with E-state index in [1.54, 1.807) is 0 Å². The van der Waals surface area contributed by atoms with Gasteiger partial charge in [0.15, 0.2) is 0 Å². The highest BCUT2D eigenvalue weighted by molar-refractivity contribution is 5.41. The van der Waals surface area contributed by atoms with Crippen molar-refractivity contribution in [2.45, 2.75) is 59.9 Å². The van der Waals surface area contributed by atoms with Gasteiger partial charge < -0.3 is 10.1 Å². The predicted molar refractivity (Wildman–Crippen MR) is 84.6 cm³/mol. The molecule has 2 fully saturated rings. The standard InChI is InChI=1S/C17H27N3O/c1-6-21-14-9-13(18-11(2)19-14)20-15-16(3,4)12-7-8-17(15,5)10-12/h9,12,15H,6-8,10H2,1-5H3,(H,18,19,20). The number of rotatable bonds is 4. The quantitative estimate of drug-likeness (QED) is 0.915. The lowest BCUT2D eigenvalue weighted by Gasteiger charge is -2.43. The maximum atomic E-state index is 5.54. The van der Waals surface area contributed by atoms with Crippen molar-refractivity contribution in [3.63, 3.8) is 0 Å². The van der Waals surface area contributed by atoms with Gasteiger partial charge in [0, 0.05) is 12.1 Å².